The van der Waals surface area contributed by atoms with E-state index < -0.39 is 0 Å². The van der Waals surface area contributed by atoms with Crippen molar-refractivity contribution in [2.45, 2.75) is 19.9 Å². The van der Waals surface area contributed by atoms with Gasteiger partial charge in [0.05, 0.1) is 23.0 Å². The predicted octanol–water partition coefficient (Wildman–Crippen LogP) is 3.62. The molecule has 19 heavy (non-hydrogen) atoms. The highest BCUT2D eigenvalue weighted by Crippen LogP contribution is 2.22. The van der Waals surface area contributed by atoms with Gasteiger partial charge in [0.2, 0.25) is 5.91 Å². The van der Waals surface area contributed by atoms with Crippen molar-refractivity contribution in [1.82, 2.24) is 10.3 Å². The van der Waals surface area contributed by atoms with E-state index in [0.717, 1.165) is 16.3 Å². The van der Waals surface area contributed by atoms with Crippen molar-refractivity contribution in [2.75, 3.05) is 0 Å². The number of carbonyl (C=O) groups excluding carboxylic acids is 1. The Morgan fingerprint density at radius 2 is 2.16 bits per heavy atom. The largest absolute Gasteiger partial charge is 0.349 e. The highest BCUT2D eigenvalue weighted by Gasteiger charge is 2.06. The number of thiazole rings is 1. The summed E-state index contributed by atoms with van der Waals surface area (Å²) in [5.41, 5.74) is 1.81. The standard InChI is InChI=1S/C13H12Cl2N2OS/c1-8-7-19-13(17-8)6-16-12(18)5-9-2-3-10(14)11(15)4-9/h2-4,7H,5-6H2,1H3,(H,16,18). The summed E-state index contributed by atoms with van der Waals surface area (Å²) >= 11 is 13.3. The van der Waals surface area contributed by atoms with Crippen LogP contribution in [0.25, 0.3) is 0 Å². The molecule has 1 heterocycles. The van der Waals surface area contributed by atoms with E-state index in [0.29, 0.717) is 16.6 Å². The summed E-state index contributed by atoms with van der Waals surface area (Å²) in [6, 6.07) is 5.19. The van der Waals surface area contributed by atoms with Crippen LogP contribution < -0.4 is 5.32 Å². The third-order valence-electron chi connectivity index (χ3n) is 2.45. The lowest BCUT2D eigenvalue weighted by molar-refractivity contribution is -0.120. The van der Waals surface area contributed by atoms with E-state index in [-0.39, 0.29) is 12.3 Å². The van der Waals surface area contributed by atoms with Crippen LogP contribution in [0.5, 0.6) is 0 Å². The van der Waals surface area contributed by atoms with E-state index in [1.807, 2.05) is 12.3 Å². The lowest BCUT2D eigenvalue weighted by atomic mass is 10.1. The summed E-state index contributed by atoms with van der Waals surface area (Å²) in [4.78, 5) is 16.1. The zero-order chi connectivity index (χ0) is 13.8. The fourth-order valence-electron chi connectivity index (χ4n) is 1.56. The van der Waals surface area contributed by atoms with Crippen LogP contribution in [0, 0.1) is 6.92 Å². The molecular formula is C13H12Cl2N2OS. The first-order valence-electron chi connectivity index (χ1n) is 5.66. The number of hydrogen-bond donors (Lipinski definition) is 1. The van der Waals surface area contributed by atoms with Crippen LogP contribution in [0.4, 0.5) is 0 Å². The molecule has 1 aromatic carbocycles. The molecule has 0 aliphatic carbocycles. The molecule has 6 heteroatoms. The van der Waals surface area contributed by atoms with Gasteiger partial charge >= 0.3 is 0 Å². The van der Waals surface area contributed by atoms with Gasteiger partial charge in [-0.2, -0.15) is 0 Å². The molecule has 0 saturated carbocycles. The Labute approximate surface area is 125 Å². The quantitative estimate of drug-likeness (QED) is 0.936. The molecule has 2 aromatic rings. The average Bonchev–Trinajstić information content (AvgIpc) is 2.77. The van der Waals surface area contributed by atoms with E-state index in [4.69, 9.17) is 23.2 Å². The van der Waals surface area contributed by atoms with Crippen LogP contribution in [0.2, 0.25) is 10.0 Å². The predicted molar refractivity (Wildman–Crippen MR) is 78.9 cm³/mol. The first kappa shape index (κ1) is 14.3. The number of halogens is 2. The maximum Gasteiger partial charge on any atom is 0.224 e. The van der Waals surface area contributed by atoms with Gasteiger partial charge in [0.15, 0.2) is 0 Å². The molecule has 0 aliphatic rings. The molecular weight excluding hydrogens is 303 g/mol. The van der Waals surface area contributed by atoms with Gasteiger partial charge in [0.1, 0.15) is 5.01 Å². The maximum atomic E-state index is 11.8. The molecule has 100 valence electrons. The Bertz CT molecular complexity index is 598. The zero-order valence-corrected chi connectivity index (χ0v) is 12.6. The number of nitrogens with zero attached hydrogens (tertiary/aromatic N) is 1. The molecule has 0 radical (unpaired) electrons. The number of benzene rings is 1. The summed E-state index contributed by atoms with van der Waals surface area (Å²) in [6.07, 6.45) is 0.279. The number of carbonyl (C=O) groups is 1. The van der Waals surface area contributed by atoms with Gasteiger partial charge in [-0.1, -0.05) is 29.3 Å². The molecule has 0 atom stereocenters. The van der Waals surface area contributed by atoms with Crippen molar-refractivity contribution in [2.24, 2.45) is 0 Å². The molecule has 0 aliphatic heterocycles. The summed E-state index contributed by atoms with van der Waals surface area (Å²) in [6.45, 7) is 2.39. The molecule has 2 rings (SSSR count). The molecule has 0 spiro atoms. The summed E-state index contributed by atoms with van der Waals surface area (Å²) in [5.74, 6) is -0.0637. The summed E-state index contributed by atoms with van der Waals surface area (Å²) in [7, 11) is 0. The molecule has 1 amide bonds. The fourth-order valence-corrected chi connectivity index (χ4v) is 2.59. The van der Waals surface area contributed by atoms with Gasteiger partial charge in [-0.15, -0.1) is 11.3 Å². The minimum absolute atomic E-state index is 0.0637. The lowest BCUT2D eigenvalue weighted by Crippen LogP contribution is -2.24. The molecule has 1 aromatic heterocycles. The highest BCUT2D eigenvalue weighted by molar-refractivity contribution is 7.09. The smallest absolute Gasteiger partial charge is 0.224 e. The van der Waals surface area contributed by atoms with Crippen molar-refractivity contribution < 1.29 is 4.79 Å². The van der Waals surface area contributed by atoms with E-state index >= 15 is 0 Å². The second kappa shape index (κ2) is 6.37. The summed E-state index contributed by atoms with van der Waals surface area (Å²) in [5, 5.41) is 6.64. The van der Waals surface area contributed by atoms with Gasteiger partial charge in [-0.3, -0.25) is 4.79 Å². The maximum absolute atomic E-state index is 11.8. The van der Waals surface area contributed by atoms with Gasteiger partial charge < -0.3 is 5.32 Å². The van der Waals surface area contributed by atoms with Gasteiger partial charge in [0, 0.05) is 11.1 Å². The van der Waals surface area contributed by atoms with Crippen molar-refractivity contribution in [1.29, 1.82) is 0 Å². The number of amides is 1. The monoisotopic (exact) mass is 314 g/mol. The van der Waals surface area contributed by atoms with E-state index in [1.165, 1.54) is 11.3 Å². The van der Waals surface area contributed by atoms with E-state index in [9.17, 15) is 4.79 Å². The van der Waals surface area contributed by atoms with Crippen LogP contribution in [0.3, 0.4) is 0 Å². The number of nitrogens with one attached hydrogen (secondary N) is 1. The van der Waals surface area contributed by atoms with Gasteiger partial charge in [-0.25, -0.2) is 4.98 Å². The Balaban J connectivity index is 1.88. The Morgan fingerprint density at radius 1 is 1.37 bits per heavy atom. The highest BCUT2D eigenvalue weighted by atomic mass is 35.5. The Kier molecular flexibility index (Phi) is 4.80. The Hall–Kier alpha value is -1.10. The molecule has 3 nitrogen and oxygen atoms in total. The molecule has 1 N–H and O–H groups in total. The van der Waals surface area contributed by atoms with Crippen LogP contribution >= 0.6 is 34.5 Å². The molecule has 0 bridgehead atoms. The average molecular weight is 315 g/mol. The number of aromatic nitrogens is 1. The van der Waals surface area contributed by atoms with Crippen LogP contribution in [-0.4, -0.2) is 10.9 Å². The first-order valence-corrected chi connectivity index (χ1v) is 7.30. The lowest BCUT2D eigenvalue weighted by Gasteiger charge is -2.04. The molecule has 0 saturated heterocycles. The molecule has 0 fully saturated rings. The second-order valence-corrected chi connectivity index (χ2v) is 5.84. The number of rotatable bonds is 4. The van der Waals surface area contributed by atoms with Crippen LogP contribution in [-0.2, 0) is 17.8 Å². The van der Waals surface area contributed by atoms with Crippen molar-refractivity contribution in [3.05, 3.63) is 49.9 Å². The third kappa shape index (κ3) is 4.20. The second-order valence-electron chi connectivity index (χ2n) is 4.08. The molecule has 0 unspecified atom stereocenters. The van der Waals surface area contributed by atoms with Gasteiger partial charge in [0.25, 0.3) is 0 Å². The zero-order valence-electron chi connectivity index (χ0n) is 10.2. The SMILES string of the molecule is Cc1csc(CNC(=O)Cc2ccc(Cl)c(Cl)c2)n1. The van der Waals surface area contributed by atoms with E-state index in [1.54, 1.807) is 18.2 Å². The Morgan fingerprint density at radius 3 is 2.79 bits per heavy atom. The number of hydrogen-bond acceptors (Lipinski definition) is 3. The summed E-state index contributed by atoms with van der Waals surface area (Å²) < 4.78 is 0. The van der Waals surface area contributed by atoms with Gasteiger partial charge in [-0.05, 0) is 24.6 Å². The van der Waals surface area contributed by atoms with E-state index in [2.05, 4.69) is 10.3 Å². The van der Waals surface area contributed by atoms with Crippen molar-refractivity contribution in [3.8, 4) is 0 Å². The van der Waals surface area contributed by atoms with Crippen LogP contribution in [0.15, 0.2) is 23.6 Å². The first-order chi connectivity index (χ1) is 9.04. The van der Waals surface area contributed by atoms with Crippen molar-refractivity contribution in [3.63, 3.8) is 0 Å². The minimum Gasteiger partial charge on any atom is -0.349 e. The normalized spacial score (nSPS) is 10.5. The number of aryl methyl sites for hydroxylation is 1. The topological polar surface area (TPSA) is 42.0 Å². The third-order valence-corrected chi connectivity index (χ3v) is 4.16. The van der Waals surface area contributed by atoms with Crippen molar-refractivity contribution >= 4 is 40.4 Å². The minimum atomic E-state index is -0.0637. The fraction of sp³-hybridized carbons (Fsp3) is 0.231. The van der Waals surface area contributed by atoms with Crippen LogP contribution in [0.1, 0.15) is 16.3 Å².